The molecule has 0 aliphatic carbocycles. The van der Waals surface area contributed by atoms with Gasteiger partial charge in [0.1, 0.15) is 5.82 Å². The third-order valence-corrected chi connectivity index (χ3v) is 1.95. The third-order valence-electron chi connectivity index (χ3n) is 1.66. The van der Waals surface area contributed by atoms with Gasteiger partial charge in [-0.2, -0.15) is 0 Å². The maximum absolute atomic E-state index is 13.1. The van der Waals surface area contributed by atoms with Gasteiger partial charge >= 0.3 is 0 Å². The predicted molar refractivity (Wildman–Crippen MR) is 46.8 cm³/mol. The number of hydrogen-bond donors (Lipinski definition) is 1. The fourth-order valence-electron chi connectivity index (χ4n) is 0.986. The topological polar surface area (TPSA) is 20.2 Å². The average molecular weight is 189 g/mol. The molecule has 1 aromatic carbocycles. The van der Waals surface area contributed by atoms with E-state index in [9.17, 15) is 9.50 Å². The first-order chi connectivity index (χ1) is 5.65. The quantitative estimate of drug-likeness (QED) is 0.707. The van der Waals surface area contributed by atoms with Gasteiger partial charge in [0.15, 0.2) is 0 Å². The van der Waals surface area contributed by atoms with Crippen molar-refractivity contribution >= 4 is 11.6 Å². The van der Waals surface area contributed by atoms with Crippen LogP contribution in [-0.2, 0) is 0 Å². The van der Waals surface area contributed by atoms with Crippen LogP contribution >= 0.6 is 11.6 Å². The molecule has 0 saturated carbocycles. The molecule has 0 bridgehead atoms. The standard InChI is InChI=1S/C9H10ClFO/c1-6-2-3-7(8(11)4-6)9(12)5-10/h2-4,9,12H,5H2,1H3/t9-/m0/s1. The fourth-order valence-corrected chi connectivity index (χ4v) is 1.15. The highest BCUT2D eigenvalue weighted by Crippen LogP contribution is 2.18. The van der Waals surface area contributed by atoms with Crippen LogP contribution in [0.1, 0.15) is 17.2 Å². The summed E-state index contributed by atoms with van der Waals surface area (Å²) < 4.78 is 13.1. The second kappa shape index (κ2) is 3.87. The van der Waals surface area contributed by atoms with Crippen LogP contribution in [0, 0.1) is 12.7 Å². The van der Waals surface area contributed by atoms with Gasteiger partial charge < -0.3 is 5.11 Å². The maximum atomic E-state index is 13.1. The summed E-state index contributed by atoms with van der Waals surface area (Å²) in [6, 6.07) is 4.68. The summed E-state index contributed by atoms with van der Waals surface area (Å²) in [7, 11) is 0. The summed E-state index contributed by atoms with van der Waals surface area (Å²) in [5.41, 5.74) is 1.09. The number of halogens is 2. The van der Waals surface area contributed by atoms with Crippen molar-refractivity contribution < 1.29 is 9.50 Å². The molecule has 0 fully saturated rings. The molecule has 0 spiro atoms. The second-order valence-corrected chi connectivity index (χ2v) is 3.00. The van der Waals surface area contributed by atoms with E-state index < -0.39 is 11.9 Å². The van der Waals surface area contributed by atoms with Gasteiger partial charge in [0.05, 0.1) is 12.0 Å². The van der Waals surface area contributed by atoms with Crippen molar-refractivity contribution in [2.45, 2.75) is 13.0 Å². The van der Waals surface area contributed by atoms with E-state index in [0.29, 0.717) is 0 Å². The van der Waals surface area contributed by atoms with Crippen molar-refractivity contribution in [2.24, 2.45) is 0 Å². The van der Waals surface area contributed by atoms with E-state index in [-0.39, 0.29) is 11.4 Å². The smallest absolute Gasteiger partial charge is 0.129 e. The van der Waals surface area contributed by atoms with Gasteiger partial charge in [0.25, 0.3) is 0 Å². The van der Waals surface area contributed by atoms with Crippen molar-refractivity contribution in [1.82, 2.24) is 0 Å². The molecule has 1 aromatic rings. The lowest BCUT2D eigenvalue weighted by atomic mass is 10.1. The highest BCUT2D eigenvalue weighted by molar-refractivity contribution is 6.18. The molecule has 0 saturated heterocycles. The molecular formula is C9H10ClFO. The summed E-state index contributed by atoms with van der Waals surface area (Å²) in [4.78, 5) is 0. The Morgan fingerprint density at radius 2 is 2.25 bits per heavy atom. The molecule has 0 unspecified atom stereocenters. The largest absolute Gasteiger partial charge is 0.387 e. The Morgan fingerprint density at radius 3 is 2.75 bits per heavy atom. The van der Waals surface area contributed by atoms with E-state index >= 15 is 0 Å². The Labute approximate surface area is 75.8 Å². The van der Waals surface area contributed by atoms with Crippen molar-refractivity contribution in [3.8, 4) is 0 Å². The van der Waals surface area contributed by atoms with Gasteiger partial charge in [0.2, 0.25) is 0 Å². The number of aliphatic hydroxyl groups is 1. The number of rotatable bonds is 2. The van der Waals surface area contributed by atoms with E-state index in [1.165, 1.54) is 6.07 Å². The summed E-state index contributed by atoms with van der Waals surface area (Å²) in [6.45, 7) is 1.79. The molecule has 0 heterocycles. The zero-order valence-electron chi connectivity index (χ0n) is 6.72. The second-order valence-electron chi connectivity index (χ2n) is 2.70. The van der Waals surface area contributed by atoms with Crippen LogP contribution in [0.2, 0.25) is 0 Å². The molecule has 66 valence electrons. The first kappa shape index (κ1) is 9.49. The molecule has 0 aliphatic rings. The molecule has 1 atom stereocenters. The molecule has 0 radical (unpaired) electrons. The number of benzene rings is 1. The maximum Gasteiger partial charge on any atom is 0.129 e. The fraction of sp³-hybridized carbons (Fsp3) is 0.333. The zero-order chi connectivity index (χ0) is 9.14. The Morgan fingerprint density at radius 1 is 1.58 bits per heavy atom. The van der Waals surface area contributed by atoms with Gasteiger partial charge in [-0.05, 0) is 18.6 Å². The van der Waals surface area contributed by atoms with E-state index in [4.69, 9.17) is 11.6 Å². The minimum Gasteiger partial charge on any atom is -0.387 e. The minimum absolute atomic E-state index is 0.0139. The molecule has 0 aliphatic heterocycles. The molecule has 0 amide bonds. The first-order valence-electron chi connectivity index (χ1n) is 3.65. The first-order valence-corrected chi connectivity index (χ1v) is 4.18. The predicted octanol–water partition coefficient (Wildman–Crippen LogP) is 2.41. The average Bonchev–Trinajstić information content (AvgIpc) is 2.03. The Hall–Kier alpha value is -0.600. The summed E-state index contributed by atoms with van der Waals surface area (Å²) in [5.74, 6) is -0.386. The van der Waals surface area contributed by atoms with E-state index in [1.54, 1.807) is 19.1 Å². The molecule has 12 heavy (non-hydrogen) atoms. The number of alkyl halides is 1. The van der Waals surface area contributed by atoms with Crippen molar-refractivity contribution in [3.63, 3.8) is 0 Å². The van der Waals surface area contributed by atoms with Crippen LogP contribution in [0.3, 0.4) is 0 Å². The van der Waals surface area contributed by atoms with Crippen LogP contribution in [0.25, 0.3) is 0 Å². The zero-order valence-corrected chi connectivity index (χ0v) is 7.48. The Bertz CT molecular complexity index is 275. The molecular weight excluding hydrogens is 179 g/mol. The monoisotopic (exact) mass is 188 g/mol. The molecule has 1 rings (SSSR count). The normalized spacial score (nSPS) is 13.0. The highest BCUT2D eigenvalue weighted by atomic mass is 35.5. The lowest BCUT2D eigenvalue weighted by Crippen LogP contribution is -2.01. The van der Waals surface area contributed by atoms with Gasteiger partial charge in [-0.3, -0.25) is 0 Å². The van der Waals surface area contributed by atoms with Crippen molar-refractivity contribution in [1.29, 1.82) is 0 Å². The lowest BCUT2D eigenvalue weighted by molar-refractivity contribution is 0.197. The number of aryl methyl sites for hydroxylation is 1. The van der Waals surface area contributed by atoms with Gasteiger partial charge in [-0.1, -0.05) is 12.1 Å². The summed E-state index contributed by atoms with van der Waals surface area (Å²) in [6.07, 6.45) is -0.910. The van der Waals surface area contributed by atoms with Crippen LogP contribution in [-0.4, -0.2) is 11.0 Å². The van der Waals surface area contributed by atoms with Gasteiger partial charge in [-0.25, -0.2) is 4.39 Å². The Kier molecular flexibility index (Phi) is 3.06. The van der Waals surface area contributed by atoms with Gasteiger partial charge in [-0.15, -0.1) is 11.6 Å². The number of aliphatic hydroxyl groups excluding tert-OH is 1. The Balaban J connectivity index is 3.01. The van der Waals surface area contributed by atoms with Crippen LogP contribution in [0.5, 0.6) is 0 Å². The highest BCUT2D eigenvalue weighted by Gasteiger charge is 2.10. The van der Waals surface area contributed by atoms with Crippen molar-refractivity contribution in [3.05, 3.63) is 35.1 Å². The van der Waals surface area contributed by atoms with E-state index in [2.05, 4.69) is 0 Å². The minimum atomic E-state index is -0.910. The summed E-state index contributed by atoms with van der Waals surface area (Å²) >= 11 is 5.38. The molecule has 1 nitrogen and oxygen atoms in total. The molecule has 1 N–H and O–H groups in total. The van der Waals surface area contributed by atoms with Crippen molar-refractivity contribution in [2.75, 3.05) is 5.88 Å². The van der Waals surface area contributed by atoms with Crippen LogP contribution in [0.15, 0.2) is 18.2 Å². The van der Waals surface area contributed by atoms with Crippen LogP contribution in [0.4, 0.5) is 4.39 Å². The molecule has 3 heteroatoms. The molecule has 0 aromatic heterocycles. The van der Waals surface area contributed by atoms with Crippen LogP contribution < -0.4 is 0 Å². The lowest BCUT2D eigenvalue weighted by Gasteiger charge is -2.08. The SMILES string of the molecule is Cc1ccc([C@@H](O)CCl)c(F)c1. The third kappa shape index (κ3) is 1.96. The number of hydrogen-bond acceptors (Lipinski definition) is 1. The van der Waals surface area contributed by atoms with E-state index in [1.807, 2.05) is 0 Å². The van der Waals surface area contributed by atoms with E-state index in [0.717, 1.165) is 5.56 Å². The van der Waals surface area contributed by atoms with Gasteiger partial charge in [0, 0.05) is 5.56 Å². The summed E-state index contributed by atoms with van der Waals surface area (Å²) in [5, 5.41) is 9.23.